The topological polar surface area (TPSA) is 26.2 Å². The summed E-state index contributed by atoms with van der Waals surface area (Å²) < 4.78 is 16.2. The number of nitrogens with zero attached hydrogens (tertiary/aromatic N) is 2. The van der Waals surface area contributed by atoms with Crippen molar-refractivity contribution in [3.05, 3.63) is 154 Å². The predicted octanol–water partition coefficient (Wildman–Crippen LogP) is 9.99. The minimum atomic E-state index is 0.899. The minimum Gasteiger partial charge on any atom is -0.496 e. The van der Waals surface area contributed by atoms with Gasteiger partial charge < -0.3 is 9.47 Å². The van der Waals surface area contributed by atoms with Crippen LogP contribution in [0.2, 0.25) is 0 Å². The van der Waals surface area contributed by atoms with Crippen molar-refractivity contribution in [1.29, 1.82) is 0 Å². The van der Waals surface area contributed by atoms with Gasteiger partial charge in [0.1, 0.15) is 11.5 Å². The van der Waals surface area contributed by atoms with Gasteiger partial charge in [-0.05, 0) is 81.3 Å². The second-order valence-electron chi connectivity index (χ2n) is 14.0. The quantitative estimate of drug-likeness (QED) is 0.164. The van der Waals surface area contributed by atoms with Crippen molar-refractivity contribution >= 4 is 45.8 Å². The summed E-state index contributed by atoms with van der Waals surface area (Å²) in [6.07, 6.45) is 15.6. The summed E-state index contributed by atoms with van der Waals surface area (Å²) in [5.41, 5.74) is 16.0. The highest BCUT2D eigenvalue weighted by Gasteiger charge is 2.36. The van der Waals surface area contributed by atoms with Crippen LogP contribution in [0.15, 0.2) is 109 Å². The Labute approximate surface area is 305 Å². The molecule has 0 saturated carbocycles. The fourth-order valence-corrected chi connectivity index (χ4v) is 8.51. The van der Waals surface area contributed by atoms with Crippen molar-refractivity contribution in [3.63, 3.8) is 0 Å². The van der Waals surface area contributed by atoms with E-state index in [1.54, 1.807) is 14.2 Å². The number of aromatic nitrogens is 2. The van der Waals surface area contributed by atoms with E-state index in [-0.39, 0.29) is 0 Å². The van der Waals surface area contributed by atoms with Crippen LogP contribution in [-0.4, -0.2) is 14.2 Å². The molecule has 4 heterocycles. The molecule has 0 bridgehead atoms. The maximum atomic E-state index is 5.66. The first-order valence-corrected chi connectivity index (χ1v) is 18.2. The Kier molecular flexibility index (Phi) is 7.96. The minimum absolute atomic E-state index is 0.899. The molecule has 2 aromatic heterocycles. The van der Waals surface area contributed by atoms with Gasteiger partial charge in [0.05, 0.1) is 25.3 Å². The highest BCUT2D eigenvalue weighted by atomic mass is 16.5. The van der Waals surface area contributed by atoms with Gasteiger partial charge >= 0.3 is 0 Å². The first kappa shape index (κ1) is 31.9. The smallest absolute Gasteiger partial charge is 0.214 e. The molecular formula is C48H42N2O2+2. The summed E-state index contributed by atoms with van der Waals surface area (Å²) in [7, 11) is 3.47. The lowest BCUT2D eigenvalue weighted by Gasteiger charge is -2.27. The lowest BCUT2D eigenvalue weighted by Crippen LogP contribution is -2.43. The van der Waals surface area contributed by atoms with Crippen molar-refractivity contribution in [2.75, 3.05) is 14.2 Å². The van der Waals surface area contributed by atoms with Gasteiger partial charge in [0.25, 0.3) is 0 Å². The van der Waals surface area contributed by atoms with Gasteiger partial charge in [0.2, 0.25) is 11.4 Å². The van der Waals surface area contributed by atoms with E-state index < -0.39 is 0 Å². The number of hydrogen-bond donors (Lipinski definition) is 0. The van der Waals surface area contributed by atoms with Crippen LogP contribution in [0.25, 0.3) is 68.4 Å². The first-order valence-electron chi connectivity index (χ1n) is 18.2. The Balaban J connectivity index is 1.15. The average Bonchev–Trinajstić information content (AvgIpc) is 3.20. The highest BCUT2D eigenvalue weighted by Crippen LogP contribution is 2.43. The Morgan fingerprint density at radius 2 is 0.923 bits per heavy atom. The van der Waals surface area contributed by atoms with Crippen LogP contribution >= 0.6 is 0 Å². The molecule has 2 aliphatic heterocycles. The molecule has 5 aromatic carbocycles. The fraction of sp³-hybridized carbons (Fsp3) is 0.167. The molecule has 9 rings (SSSR count). The van der Waals surface area contributed by atoms with E-state index in [1.807, 2.05) is 0 Å². The number of rotatable bonds is 6. The molecular weight excluding hydrogens is 637 g/mol. The Morgan fingerprint density at radius 3 is 1.35 bits per heavy atom. The zero-order chi connectivity index (χ0) is 35.3. The molecule has 0 amide bonds. The largest absolute Gasteiger partial charge is 0.496 e. The normalized spacial score (nSPS) is 13.3. The lowest BCUT2D eigenvalue weighted by molar-refractivity contribution is -0.689. The van der Waals surface area contributed by atoms with E-state index in [0.29, 0.717) is 0 Å². The van der Waals surface area contributed by atoms with Gasteiger partial charge in [-0.1, -0.05) is 85.0 Å². The van der Waals surface area contributed by atoms with Crippen LogP contribution in [-0.2, 0) is 25.9 Å². The van der Waals surface area contributed by atoms with Gasteiger partial charge in [-0.3, -0.25) is 0 Å². The Hall–Kier alpha value is -6.00. The molecule has 0 spiro atoms. The first-order chi connectivity index (χ1) is 25.5. The monoisotopic (exact) mass is 678 g/mol. The number of fused-ring (bicyclic) bond motifs is 9. The molecule has 0 saturated heterocycles. The molecule has 4 heteroatoms. The van der Waals surface area contributed by atoms with Crippen LogP contribution < -0.4 is 18.6 Å². The molecule has 52 heavy (non-hydrogen) atoms. The molecule has 0 unspecified atom stereocenters. The molecule has 7 aromatic rings. The standard InChI is InChI=1S/C48H42N2O2/c1-31-32(2)38-24-28-50-26-22-34(14-16-36-18-20-46(52-4)42-12-8-6-10-40(36)42)30-44(50)48(38)47-37(31)23-27-49-25-21-33(29-43(47)49)13-15-35-17-19-45(51-3)41-11-7-5-9-39(35)41/h5-22,25-26,29-30H,23-24,27-28H2,1-4H3/q+2/b15-13+,16-14+. The van der Waals surface area contributed by atoms with Crippen LogP contribution in [0, 0.1) is 13.8 Å². The third kappa shape index (κ3) is 5.29. The molecule has 0 radical (unpaired) electrons. The van der Waals surface area contributed by atoms with Gasteiger partial charge in [0.15, 0.2) is 25.5 Å². The predicted molar refractivity (Wildman–Crippen MR) is 213 cm³/mol. The van der Waals surface area contributed by atoms with Gasteiger partial charge in [-0.2, -0.15) is 9.13 Å². The third-order valence-electron chi connectivity index (χ3n) is 11.3. The van der Waals surface area contributed by atoms with E-state index in [9.17, 15) is 0 Å². The summed E-state index contributed by atoms with van der Waals surface area (Å²) in [6, 6.07) is 34.7. The number of hydrogen-bond acceptors (Lipinski definition) is 2. The van der Waals surface area contributed by atoms with Crippen LogP contribution in [0.4, 0.5) is 0 Å². The number of methoxy groups -OCH3 is 2. The second-order valence-corrected chi connectivity index (χ2v) is 14.0. The van der Waals surface area contributed by atoms with Crippen molar-refractivity contribution in [2.24, 2.45) is 0 Å². The SMILES string of the molecule is COc1ccc(/C=C/c2cc[n+]3c(c2)-c2c(c(C)c(C)c4c2-c2cc(/C=C/c5ccc(OC)c6ccccc56)cc[n+]2CC4)CC3)c2ccccc12. The van der Waals surface area contributed by atoms with Crippen molar-refractivity contribution in [2.45, 2.75) is 39.8 Å². The molecule has 0 fully saturated rings. The molecule has 0 atom stereocenters. The Morgan fingerprint density at radius 1 is 0.500 bits per heavy atom. The maximum absolute atomic E-state index is 5.66. The van der Waals surface area contributed by atoms with Gasteiger partial charge in [-0.25, -0.2) is 0 Å². The number of ether oxygens (including phenoxy) is 2. The maximum Gasteiger partial charge on any atom is 0.214 e. The van der Waals surface area contributed by atoms with Gasteiger partial charge in [0, 0.05) is 47.9 Å². The summed E-state index contributed by atoms with van der Waals surface area (Å²) in [5.74, 6) is 1.80. The summed E-state index contributed by atoms with van der Waals surface area (Å²) in [4.78, 5) is 0. The van der Waals surface area contributed by atoms with E-state index in [0.717, 1.165) is 48.2 Å². The fourth-order valence-electron chi connectivity index (χ4n) is 8.51. The van der Waals surface area contributed by atoms with Crippen LogP contribution in [0.5, 0.6) is 11.5 Å². The summed E-state index contributed by atoms with van der Waals surface area (Å²) >= 11 is 0. The third-order valence-corrected chi connectivity index (χ3v) is 11.3. The van der Waals surface area contributed by atoms with Crippen LogP contribution in [0.1, 0.15) is 44.5 Å². The van der Waals surface area contributed by atoms with E-state index in [1.165, 1.54) is 77.8 Å². The summed E-state index contributed by atoms with van der Waals surface area (Å²) in [5, 5.41) is 4.63. The van der Waals surface area contributed by atoms with E-state index >= 15 is 0 Å². The van der Waals surface area contributed by atoms with Crippen molar-refractivity contribution < 1.29 is 18.6 Å². The molecule has 2 aliphatic rings. The van der Waals surface area contributed by atoms with Gasteiger partial charge in [-0.15, -0.1) is 0 Å². The molecule has 254 valence electrons. The van der Waals surface area contributed by atoms with Crippen molar-refractivity contribution in [3.8, 4) is 34.0 Å². The van der Waals surface area contributed by atoms with E-state index in [4.69, 9.17) is 9.47 Å². The molecule has 0 N–H and O–H groups in total. The van der Waals surface area contributed by atoms with Crippen LogP contribution in [0.3, 0.4) is 0 Å². The number of pyridine rings is 2. The Bertz CT molecular complexity index is 2450. The lowest BCUT2D eigenvalue weighted by atomic mass is 9.79. The average molecular weight is 679 g/mol. The second kappa shape index (κ2) is 13.0. The zero-order valence-electron chi connectivity index (χ0n) is 30.2. The number of benzene rings is 5. The van der Waals surface area contributed by atoms with E-state index in [2.05, 4.69) is 157 Å². The molecule has 4 nitrogen and oxygen atoms in total. The zero-order valence-corrected chi connectivity index (χ0v) is 30.2. The molecule has 0 aliphatic carbocycles. The summed E-state index contributed by atoms with van der Waals surface area (Å²) in [6.45, 7) is 6.63. The van der Waals surface area contributed by atoms with Crippen molar-refractivity contribution in [1.82, 2.24) is 0 Å². The highest BCUT2D eigenvalue weighted by molar-refractivity contribution is 5.98. The number of aryl methyl sites for hydroxylation is 2.